The van der Waals surface area contributed by atoms with Gasteiger partial charge in [0.15, 0.2) is 0 Å². The van der Waals surface area contributed by atoms with Gasteiger partial charge in [-0.3, -0.25) is 8.83 Å². The molecule has 9 heteroatoms. The summed E-state index contributed by atoms with van der Waals surface area (Å²) in [6.07, 6.45) is 1.16. The second kappa shape index (κ2) is 5.16. The quantitative estimate of drug-likeness (QED) is 0.882. The summed E-state index contributed by atoms with van der Waals surface area (Å²) in [6.45, 7) is 1.75. The number of sulfonamides is 1. The molecule has 2 heterocycles. The highest BCUT2D eigenvalue weighted by Crippen LogP contribution is 2.33. The van der Waals surface area contributed by atoms with Crippen LogP contribution < -0.4 is 14.8 Å². The summed E-state index contributed by atoms with van der Waals surface area (Å²) in [7, 11) is -3.47. The van der Waals surface area contributed by atoms with E-state index in [9.17, 15) is 13.2 Å². The third kappa shape index (κ3) is 2.59. The molecule has 1 aliphatic heterocycles. The van der Waals surface area contributed by atoms with Crippen molar-refractivity contribution in [3.05, 3.63) is 40.4 Å². The third-order valence-electron chi connectivity index (χ3n) is 3.60. The maximum absolute atomic E-state index is 12.1. The fourth-order valence-electron chi connectivity index (χ4n) is 2.69. The fourth-order valence-corrected chi connectivity index (χ4v) is 3.96. The Balaban J connectivity index is 1.99. The first kappa shape index (κ1) is 14.6. The van der Waals surface area contributed by atoms with Gasteiger partial charge < -0.3 is 4.74 Å². The van der Waals surface area contributed by atoms with Crippen molar-refractivity contribution in [2.24, 2.45) is 0 Å². The highest BCUT2D eigenvalue weighted by Gasteiger charge is 2.37. The van der Waals surface area contributed by atoms with Crippen LogP contribution >= 0.6 is 0 Å². The van der Waals surface area contributed by atoms with Crippen LogP contribution in [0, 0.1) is 0 Å². The minimum absolute atomic E-state index is 0.0605. The number of aromatic amines is 1. The van der Waals surface area contributed by atoms with Crippen molar-refractivity contribution in [1.29, 1.82) is 0 Å². The topological polar surface area (TPSA) is 106 Å². The Labute approximate surface area is 126 Å². The molecule has 8 nitrogen and oxygen atoms in total. The number of benzene rings is 1. The van der Waals surface area contributed by atoms with E-state index in [1.807, 2.05) is 12.1 Å². The standard InChI is InChI=1S/C13H15N3O5S/c1-8-11(20-12-14-13(17)21-15-12)7-9-5-3-4-6-10(9)16(8)22(2,18)19/h3-6,8,11H,7H2,1-2H3,(H,14,15,17)/t8-,11+/m1/s1. The van der Waals surface area contributed by atoms with E-state index in [1.54, 1.807) is 19.1 Å². The van der Waals surface area contributed by atoms with Crippen molar-refractivity contribution in [2.75, 3.05) is 10.6 Å². The normalized spacial score (nSPS) is 21.5. The molecule has 0 spiro atoms. The molecule has 3 rings (SSSR count). The van der Waals surface area contributed by atoms with Crippen LogP contribution in [0.25, 0.3) is 0 Å². The molecule has 22 heavy (non-hydrogen) atoms. The number of hydrogen-bond acceptors (Lipinski definition) is 6. The van der Waals surface area contributed by atoms with Crippen LogP contribution in [0.15, 0.2) is 33.6 Å². The number of H-pyrrole nitrogens is 1. The maximum atomic E-state index is 12.1. The summed E-state index contributed by atoms with van der Waals surface area (Å²) in [5.41, 5.74) is 1.49. The molecule has 118 valence electrons. The molecule has 0 saturated heterocycles. The average molecular weight is 325 g/mol. The molecule has 2 aromatic rings. The van der Waals surface area contributed by atoms with Crippen molar-refractivity contribution in [3.8, 4) is 6.01 Å². The minimum Gasteiger partial charge on any atom is -0.457 e. The molecule has 0 radical (unpaired) electrons. The molecule has 0 bridgehead atoms. The molecule has 0 saturated carbocycles. The molecular formula is C13H15N3O5S. The van der Waals surface area contributed by atoms with Gasteiger partial charge in [-0.1, -0.05) is 18.2 Å². The van der Waals surface area contributed by atoms with Crippen molar-refractivity contribution in [2.45, 2.75) is 25.5 Å². The van der Waals surface area contributed by atoms with Gasteiger partial charge in [-0.25, -0.2) is 18.2 Å². The molecule has 0 fully saturated rings. The first-order chi connectivity index (χ1) is 10.4. The molecule has 0 amide bonds. The number of rotatable bonds is 3. The van der Waals surface area contributed by atoms with Crippen LogP contribution in [0.4, 0.5) is 5.69 Å². The number of fused-ring (bicyclic) bond motifs is 1. The van der Waals surface area contributed by atoms with Gasteiger partial charge in [0.25, 0.3) is 0 Å². The van der Waals surface area contributed by atoms with E-state index in [0.29, 0.717) is 12.1 Å². The van der Waals surface area contributed by atoms with Gasteiger partial charge in [-0.15, -0.1) is 0 Å². The van der Waals surface area contributed by atoms with Gasteiger partial charge in [0.2, 0.25) is 10.0 Å². The SMILES string of the molecule is C[C@@H]1[C@@H](Oc2noc(=O)[nH]2)Cc2ccccc2N1S(C)(=O)=O. The minimum atomic E-state index is -3.47. The predicted molar refractivity (Wildman–Crippen MR) is 78.5 cm³/mol. The van der Waals surface area contributed by atoms with E-state index >= 15 is 0 Å². The van der Waals surface area contributed by atoms with Gasteiger partial charge in [-0.2, -0.15) is 0 Å². The lowest BCUT2D eigenvalue weighted by molar-refractivity contribution is 0.153. The Kier molecular flexibility index (Phi) is 3.44. The van der Waals surface area contributed by atoms with Crippen LogP contribution in [0.3, 0.4) is 0 Å². The molecule has 1 aromatic carbocycles. The number of nitrogens with zero attached hydrogens (tertiary/aromatic N) is 2. The Morgan fingerprint density at radius 3 is 2.77 bits per heavy atom. The van der Waals surface area contributed by atoms with Crippen LogP contribution in [0.5, 0.6) is 6.01 Å². The van der Waals surface area contributed by atoms with Crippen molar-refractivity contribution in [1.82, 2.24) is 10.1 Å². The van der Waals surface area contributed by atoms with Crippen LogP contribution in [0.1, 0.15) is 12.5 Å². The van der Waals surface area contributed by atoms with Gasteiger partial charge in [0.05, 0.1) is 18.0 Å². The maximum Gasteiger partial charge on any atom is 0.441 e. The molecule has 0 unspecified atom stereocenters. The summed E-state index contributed by atoms with van der Waals surface area (Å²) in [5, 5.41) is 3.45. The third-order valence-corrected chi connectivity index (χ3v) is 4.84. The van der Waals surface area contributed by atoms with E-state index in [1.165, 1.54) is 4.31 Å². The smallest absolute Gasteiger partial charge is 0.441 e. The lowest BCUT2D eigenvalue weighted by Crippen LogP contribution is -2.51. The van der Waals surface area contributed by atoms with Gasteiger partial charge in [0, 0.05) is 6.42 Å². The zero-order valence-corrected chi connectivity index (χ0v) is 12.8. The highest BCUT2D eigenvalue weighted by molar-refractivity contribution is 7.92. The lowest BCUT2D eigenvalue weighted by atomic mass is 9.96. The number of para-hydroxylation sites is 1. The summed E-state index contributed by atoms with van der Waals surface area (Å²) < 4.78 is 35.6. The predicted octanol–water partition coefficient (Wildman–Crippen LogP) is 0.521. The molecule has 1 N–H and O–H groups in total. The van der Waals surface area contributed by atoms with E-state index in [0.717, 1.165) is 11.8 Å². The Hall–Kier alpha value is -2.29. The van der Waals surface area contributed by atoms with Crippen molar-refractivity contribution in [3.63, 3.8) is 0 Å². The zero-order chi connectivity index (χ0) is 15.9. The van der Waals surface area contributed by atoms with E-state index in [4.69, 9.17) is 4.74 Å². The molecule has 2 atom stereocenters. The monoisotopic (exact) mass is 325 g/mol. The van der Waals surface area contributed by atoms with Gasteiger partial charge in [-0.05, 0) is 23.7 Å². The van der Waals surface area contributed by atoms with E-state index in [2.05, 4.69) is 14.7 Å². The van der Waals surface area contributed by atoms with Gasteiger partial charge >= 0.3 is 11.8 Å². The second-order valence-corrected chi connectivity index (χ2v) is 7.05. The summed E-state index contributed by atoms with van der Waals surface area (Å²) in [6, 6.07) is 6.73. The largest absolute Gasteiger partial charge is 0.457 e. The average Bonchev–Trinajstić information content (AvgIpc) is 2.83. The first-order valence-corrected chi connectivity index (χ1v) is 8.51. The van der Waals surface area contributed by atoms with E-state index < -0.39 is 27.9 Å². The Bertz CT molecular complexity index is 841. The summed E-state index contributed by atoms with van der Waals surface area (Å²) in [4.78, 5) is 13.3. The Morgan fingerprint density at radius 2 is 2.14 bits per heavy atom. The molecule has 0 aliphatic carbocycles. The van der Waals surface area contributed by atoms with Crippen LogP contribution in [0.2, 0.25) is 0 Å². The van der Waals surface area contributed by atoms with Gasteiger partial charge in [0.1, 0.15) is 6.10 Å². The summed E-state index contributed by atoms with van der Waals surface area (Å²) >= 11 is 0. The van der Waals surface area contributed by atoms with Crippen molar-refractivity contribution >= 4 is 15.7 Å². The zero-order valence-electron chi connectivity index (χ0n) is 12.0. The number of nitrogens with one attached hydrogen (secondary N) is 1. The fraction of sp³-hybridized carbons (Fsp3) is 0.385. The van der Waals surface area contributed by atoms with E-state index in [-0.39, 0.29) is 6.01 Å². The molecule has 1 aromatic heterocycles. The summed E-state index contributed by atoms with van der Waals surface area (Å²) in [5.74, 6) is -0.723. The number of aromatic nitrogens is 2. The molecular weight excluding hydrogens is 310 g/mol. The molecule has 1 aliphatic rings. The number of anilines is 1. The number of hydrogen-bond donors (Lipinski definition) is 1. The van der Waals surface area contributed by atoms with Crippen LogP contribution in [-0.4, -0.2) is 37.0 Å². The Morgan fingerprint density at radius 1 is 1.41 bits per heavy atom. The lowest BCUT2D eigenvalue weighted by Gasteiger charge is -2.39. The second-order valence-electron chi connectivity index (χ2n) is 5.19. The highest BCUT2D eigenvalue weighted by atomic mass is 32.2. The first-order valence-electron chi connectivity index (χ1n) is 6.66. The van der Waals surface area contributed by atoms with Crippen LogP contribution in [-0.2, 0) is 16.4 Å². The number of ether oxygens (including phenoxy) is 1. The van der Waals surface area contributed by atoms with Crippen molar-refractivity contribution < 1.29 is 17.7 Å².